The zero-order valence-electron chi connectivity index (χ0n) is 13.9. The summed E-state index contributed by atoms with van der Waals surface area (Å²) in [6, 6.07) is 14.3. The Morgan fingerprint density at radius 3 is 2.48 bits per heavy atom. The summed E-state index contributed by atoms with van der Waals surface area (Å²) in [5, 5.41) is 4.07. The van der Waals surface area contributed by atoms with Crippen LogP contribution in [0.4, 0.5) is 10.1 Å². The summed E-state index contributed by atoms with van der Waals surface area (Å²) in [7, 11) is -3.02. The lowest BCUT2D eigenvalue weighted by molar-refractivity contribution is 0.601. The van der Waals surface area contributed by atoms with E-state index in [4.69, 9.17) is 0 Å². The largest absolute Gasteiger partial charge is 0.384 e. The van der Waals surface area contributed by atoms with Crippen molar-refractivity contribution in [2.75, 3.05) is 18.1 Å². The average Bonchev–Trinajstić information content (AvgIpc) is 2.56. The Kier molecular flexibility index (Phi) is 4.99. The lowest BCUT2D eigenvalue weighted by Gasteiger charge is -2.10. The van der Waals surface area contributed by atoms with Crippen LogP contribution in [0.5, 0.6) is 0 Å². The third-order valence-electron chi connectivity index (χ3n) is 3.90. The highest BCUT2D eigenvalue weighted by Crippen LogP contribution is 2.23. The second-order valence-electron chi connectivity index (χ2n) is 6.06. The average molecular weight is 358 g/mol. The van der Waals surface area contributed by atoms with Crippen LogP contribution in [0.3, 0.4) is 0 Å². The van der Waals surface area contributed by atoms with Crippen molar-refractivity contribution in [3.8, 4) is 0 Å². The number of rotatable bonds is 6. The maximum atomic E-state index is 13.8. The molecule has 3 rings (SSSR count). The monoisotopic (exact) mass is 358 g/mol. The third kappa shape index (κ3) is 4.54. The van der Waals surface area contributed by atoms with Gasteiger partial charge in [-0.25, -0.2) is 12.8 Å². The number of hydrogen-bond donors (Lipinski definition) is 1. The minimum Gasteiger partial charge on any atom is -0.384 e. The molecular weight excluding hydrogens is 339 g/mol. The molecule has 25 heavy (non-hydrogen) atoms. The van der Waals surface area contributed by atoms with Gasteiger partial charge in [0.05, 0.1) is 5.75 Å². The summed E-state index contributed by atoms with van der Waals surface area (Å²) in [4.78, 5) is 4.08. The van der Waals surface area contributed by atoms with E-state index < -0.39 is 9.84 Å². The predicted molar refractivity (Wildman–Crippen MR) is 98.9 cm³/mol. The summed E-state index contributed by atoms with van der Waals surface area (Å²) >= 11 is 0. The van der Waals surface area contributed by atoms with Gasteiger partial charge in [-0.05, 0) is 29.7 Å². The second kappa shape index (κ2) is 7.19. The molecule has 0 aliphatic carbocycles. The Labute approximate surface area is 146 Å². The zero-order chi connectivity index (χ0) is 17.9. The number of aromatic nitrogens is 1. The number of nitrogens with zero attached hydrogens (tertiary/aromatic N) is 1. The number of sulfone groups is 1. The molecule has 0 amide bonds. The van der Waals surface area contributed by atoms with Gasteiger partial charge in [0.15, 0.2) is 9.84 Å². The van der Waals surface area contributed by atoms with Crippen molar-refractivity contribution in [1.29, 1.82) is 0 Å². The highest BCUT2D eigenvalue weighted by molar-refractivity contribution is 7.89. The molecule has 0 saturated heterocycles. The smallest absolute Gasteiger partial charge is 0.151 e. The SMILES string of the molecule is CS(=O)(=O)Cc1ccc(CCNc2ccnc3c(F)cccc23)cc1. The number of fused-ring (bicyclic) bond motifs is 1. The molecule has 0 spiro atoms. The number of anilines is 1. The van der Waals surface area contributed by atoms with Crippen molar-refractivity contribution in [2.24, 2.45) is 0 Å². The highest BCUT2D eigenvalue weighted by Gasteiger charge is 2.06. The highest BCUT2D eigenvalue weighted by atomic mass is 32.2. The van der Waals surface area contributed by atoms with Gasteiger partial charge in [0.25, 0.3) is 0 Å². The molecule has 0 fully saturated rings. The van der Waals surface area contributed by atoms with E-state index >= 15 is 0 Å². The molecule has 2 aromatic carbocycles. The van der Waals surface area contributed by atoms with Crippen molar-refractivity contribution < 1.29 is 12.8 Å². The molecule has 6 heteroatoms. The minimum absolute atomic E-state index is 0.0557. The Balaban J connectivity index is 1.65. The fourth-order valence-electron chi connectivity index (χ4n) is 2.74. The fraction of sp³-hybridized carbons (Fsp3) is 0.211. The lowest BCUT2D eigenvalue weighted by atomic mass is 10.1. The van der Waals surface area contributed by atoms with Crippen LogP contribution < -0.4 is 5.32 Å². The first-order chi connectivity index (χ1) is 11.9. The Morgan fingerprint density at radius 1 is 1.04 bits per heavy atom. The first-order valence-electron chi connectivity index (χ1n) is 7.95. The first kappa shape index (κ1) is 17.4. The number of nitrogens with one attached hydrogen (secondary N) is 1. The van der Waals surface area contributed by atoms with Gasteiger partial charge in [-0.2, -0.15) is 0 Å². The maximum Gasteiger partial charge on any atom is 0.151 e. The molecule has 0 unspecified atom stereocenters. The van der Waals surface area contributed by atoms with Gasteiger partial charge in [-0.1, -0.05) is 36.4 Å². The van der Waals surface area contributed by atoms with E-state index in [0.29, 0.717) is 12.1 Å². The van der Waals surface area contributed by atoms with Crippen LogP contribution in [0.1, 0.15) is 11.1 Å². The normalized spacial score (nSPS) is 11.6. The summed E-state index contributed by atoms with van der Waals surface area (Å²) < 4.78 is 36.4. The van der Waals surface area contributed by atoms with E-state index in [2.05, 4.69) is 10.3 Å². The van der Waals surface area contributed by atoms with E-state index in [-0.39, 0.29) is 11.6 Å². The molecular formula is C19H19FN2O2S. The maximum absolute atomic E-state index is 13.8. The molecule has 0 radical (unpaired) electrons. The molecule has 0 bridgehead atoms. The van der Waals surface area contributed by atoms with Crippen LogP contribution in [0.15, 0.2) is 54.7 Å². The number of hydrogen-bond acceptors (Lipinski definition) is 4. The summed E-state index contributed by atoms with van der Waals surface area (Å²) in [5.74, 6) is -0.275. The lowest BCUT2D eigenvalue weighted by Crippen LogP contribution is -2.06. The van der Waals surface area contributed by atoms with Crippen molar-refractivity contribution in [2.45, 2.75) is 12.2 Å². The number of benzene rings is 2. The van der Waals surface area contributed by atoms with Crippen LogP contribution in [0.2, 0.25) is 0 Å². The van der Waals surface area contributed by atoms with Gasteiger partial charge in [0, 0.05) is 30.1 Å². The van der Waals surface area contributed by atoms with E-state index in [1.54, 1.807) is 12.3 Å². The van der Waals surface area contributed by atoms with Crippen LogP contribution >= 0.6 is 0 Å². The molecule has 0 saturated carbocycles. The van der Waals surface area contributed by atoms with E-state index in [1.807, 2.05) is 36.4 Å². The standard InChI is InChI=1S/C19H19FN2O2S/c1-25(23,24)13-15-7-5-14(6-8-15)9-11-21-18-10-12-22-19-16(18)3-2-4-17(19)20/h2-8,10,12H,9,11,13H2,1H3,(H,21,22). The Morgan fingerprint density at radius 2 is 1.76 bits per heavy atom. The minimum atomic E-state index is -3.02. The van der Waals surface area contributed by atoms with Crippen LogP contribution in [0, 0.1) is 5.82 Å². The van der Waals surface area contributed by atoms with Crippen molar-refractivity contribution >= 4 is 26.4 Å². The van der Waals surface area contributed by atoms with Gasteiger partial charge in [-0.15, -0.1) is 0 Å². The Bertz CT molecular complexity index is 986. The molecule has 4 nitrogen and oxygen atoms in total. The molecule has 1 heterocycles. The van der Waals surface area contributed by atoms with Gasteiger partial charge in [-0.3, -0.25) is 4.98 Å². The summed E-state index contributed by atoms with van der Waals surface area (Å²) in [6.07, 6.45) is 3.60. The van der Waals surface area contributed by atoms with Gasteiger partial charge in [0.2, 0.25) is 0 Å². The van der Waals surface area contributed by atoms with E-state index in [0.717, 1.165) is 28.6 Å². The molecule has 3 aromatic rings. The van der Waals surface area contributed by atoms with Gasteiger partial charge in [0.1, 0.15) is 11.3 Å². The number of pyridine rings is 1. The van der Waals surface area contributed by atoms with Gasteiger partial charge < -0.3 is 5.32 Å². The third-order valence-corrected chi connectivity index (χ3v) is 4.76. The van der Waals surface area contributed by atoms with E-state index in [9.17, 15) is 12.8 Å². The number of halogens is 1. The summed E-state index contributed by atoms with van der Waals surface area (Å²) in [6.45, 7) is 0.682. The first-order valence-corrected chi connectivity index (χ1v) is 10.0. The van der Waals surface area contributed by atoms with Gasteiger partial charge >= 0.3 is 0 Å². The Hall–Kier alpha value is -2.47. The van der Waals surface area contributed by atoms with Crippen molar-refractivity contribution in [1.82, 2.24) is 4.98 Å². The zero-order valence-corrected chi connectivity index (χ0v) is 14.7. The van der Waals surface area contributed by atoms with Crippen LogP contribution in [0.25, 0.3) is 10.9 Å². The molecule has 1 aromatic heterocycles. The molecule has 0 aliphatic heterocycles. The molecule has 1 N–H and O–H groups in total. The number of para-hydroxylation sites is 1. The van der Waals surface area contributed by atoms with Crippen molar-refractivity contribution in [3.05, 3.63) is 71.7 Å². The van der Waals surface area contributed by atoms with E-state index in [1.165, 1.54) is 12.3 Å². The molecule has 130 valence electrons. The summed E-state index contributed by atoms with van der Waals surface area (Å²) in [5.41, 5.74) is 3.10. The fourth-order valence-corrected chi connectivity index (χ4v) is 3.54. The van der Waals surface area contributed by atoms with Crippen LogP contribution in [-0.2, 0) is 22.0 Å². The topological polar surface area (TPSA) is 59.1 Å². The van der Waals surface area contributed by atoms with Crippen molar-refractivity contribution in [3.63, 3.8) is 0 Å². The molecule has 0 aliphatic rings. The second-order valence-corrected chi connectivity index (χ2v) is 8.20. The quantitative estimate of drug-likeness (QED) is 0.732. The molecule has 0 atom stereocenters. The predicted octanol–water partition coefficient (Wildman–Crippen LogP) is 3.57. The van der Waals surface area contributed by atoms with Crippen LogP contribution in [-0.4, -0.2) is 26.2 Å².